The summed E-state index contributed by atoms with van der Waals surface area (Å²) in [7, 11) is 0. The summed E-state index contributed by atoms with van der Waals surface area (Å²) in [4.78, 5) is 49.9. The Morgan fingerprint density at radius 2 is 1.63 bits per heavy atom. The summed E-state index contributed by atoms with van der Waals surface area (Å²) < 4.78 is 60.7. The molecule has 0 radical (unpaired) electrons. The molecule has 2 aliphatic rings. The summed E-state index contributed by atoms with van der Waals surface area (Å²) in [6, 6.07) is 9.78. The lowest BCUT2D eigenvalue weighted by Crippen LogP contribution is -2.51. The first-order valence-corrected chi connectivity index (χ1v) is 16.2. The summed E-state index contributed by atoms with van der Waals surface area (Å²) in [6.45, 7) is 4.00. The summed E-state index contributed by atoms with van der Waals surface area (Å²) in [5, 5.41) is 10.8. The first-order chi connectivity index (χ1) is 24.1. The van der Waals surface area contributed by atoms with Crippen molar-refractivity contribution in [1.82, 2.24) is 25.6 Å². The second-order valence-electron chi connectivity index (χ2n) is 12.4. The number of carbonyl (C=O) groups excluding carboxylic acids is 3. The second kappa shape index (κ2) is 17.4. The highest BCUT2D eigenvalue weighted by Crippen LogP contribution is 2.27. The van der Waals surface area contributed by atoms with Crippen molar-refractivity contribution in [3.8, 4) is 17.5 Å². The zero-order chi connectivity index (χ0) is 37.0. The minimum Gasteiger partial charge on any atom is -0.494 e. The lowest BCUT2D eigenvalue weighted by atomic mass is 10.1. The average Bonchev–Trinajstić information content (AvgIpc) is 3.05. The van der Waals surface area contributed by atoms with Crippen LogP contribution in [0.15, 0.2) is 42.5 Å². The number of ether oxygens (including phenoxy) is 4. The minimum atomic E-state index is -4.64. The first kappa shape index (κ1) is 38.3. The standard InChI is InChI=1S/C33H41F3N8O7/c1-32(2,3)51-31(47)39-18-24(26(37)45)41-27(46)23-13-10-21-16-25(23)49-15-7-5-4-6-14-48-22-11-8-20(9-12-22)17-38-28-42-29(40-21)44-30(43-28)50-19-33(34,35)36/h8-13,16,24H,4-7,14-15,17-19H2,1-3H3,(H2,37,45)(H,39,47)(H,41,46)(H2,38,40,42,43,44). The van der Waals surface area contributed by atoms with Crippen LogP contribution in [-0.2, 0) is 16.1 Å². The molecule has 0 aliphatic carbocycles. The van der Waals surface area contributed by atoms with Gasteiger partial charge in [-0.05, 0) is 76.3 Å². The molecule has 3 heterocycles. The summed E-state index contributed by atoms with van der Waals surface area (Å²) in [5.74, 6) is -1.07. The molecule has 2 aliphatic heterocycles. The van der Waals surface area contributed by atoms with E-state index in [1.807, 2.05) is 24.3 Å². The van der Waals surface area contributed by atoms with Crippen LogP contribution in [0.3, 0.4) is 0 Å². The van der Waals surface area contributed by atoms with Crippen LogP contribution < -0.4 is 41.2 Å². The molecule has 0 spiro atoms. The second-order valence-corrected chi connectivity index (χ2v) is 12.4. The number of halogens is 3. The minimum absolute atomic E-state index is 0.0348. The van der Waals surface area contributed by atoms with Crippen LogP contribution >= 0.6 is 0 Å². The number of alkyl halides is 3. The van der Waals surface area contributed by atoms with E-state index >= 15 is 0 Å². The van der Waals surface area contributed by atoms with E-state index in [4.69, 9.17) is 24.7 Å². The third-order valence-electron chi connectivity index (χ3n) is 6.90. The molecular formula is C33H41F3N8O7. The molecule has 276 valence electrons. The number of nitrogens with zero attached hydrogens (tertiary/aromatic N) is 3. The fraction of sp³-hybridized carbons (Fsp3) is 0.455. The Bertz CT molecular complexity index is 1650. The van der Waals surface area contributed by atoms with Gasteiger partial charge in [0, 0.05) is 18.3 Å². The number of anilines is 3. The molecule has 0 fully saturated rings. The highest BCUT2D eigenvalue weighted by molar-refractivity contribution is 6.00. The Hall–Kier alpha value is -5.55. The van der Waals surface area contributed by atoms with Crippen LogP contribution in [0.4, 0.5) is 35.5 Å². The number of nitrogens with two attached hydrogens (primary N) is 1. The fourth-order valence-corrected chi connectivity index (χ4v) is 4.51. The Kier molecular flexibility index (Phi) is 13.1. The van der Waals surface area contributed by atoms with Crippen molar-refractivity contribution in [3.05, 3.63) is 53.6 Å². The number of alkyl carbamates (subject to hydrolysis) is 1. The smallest absolute Gasteiger partial charge is 0.422 e. The molecule has 3 aromatic rings. The monoisotopic (exact) mass is 718 g/mol. The number of nitrogens with one attached hydrogen (secondary N) is 4. The van der Waals surface area contributed by atoms with Crippen molar-refractivity contribution in [2.24, 2.45) is 5.73 Å². The number of primary amides is 1. The van der Waals surface area contributed by atoms with Gasteiger partial charge in [0.15, 0.2) is 6.61 Å². The number of fused-ring (bicyclic) bond motifs is 10. The molecule has 6 N–H and O–H groups in total. The van der Waals surface area contributed by atoms with E-state index in [-0.39, 0.29) is 42.9 Å². The SMILES string of the molecule is CC(C)(C)OC(=O)NCC(NC(=O)c1ccc2cc1OCCCCCCOc1ccc(cc1)CNc1nc(nc(OCC(F)(F)F)n1)N2)C(N)=O. The van der Waals surface area contributed by atoms with Gasteiger partial charge in [0.05, 0.1) is 25.3 Å². The first-order valence-electron chi connectivity index (χ1n) is 16.2. The summed E-state index contributed by atoms with van der Waals surface area (Å²) in [5.41, 5.74) is 5.88. The normalized spacial score (nSPS) is 14.5. The molecule has 0 saturated heterocycles. The molecule has 1 atom stereocenters. The van der Waals surface area contributed by atoms with Gasteiger partial charge in [-0.3, -0.25) is 9.59 Å². The Balaban J connectivity index is 1.59. The number of aromatic nitrogens is 3. The van der Waals surface area contributed by atoms with E-state index in [9.17, 15) is 27.6 Å². The van der Waals surface area contributed by atoms with Gasteiger partial charge in [-0.2, -0.15) is 28.1 Å². The van der Waals surface area contributed by atoms with Crippen LogP contribution in [0.2, 0.25) is 0 Å². The van der Waals surface area contributed by atoms with Crippen molar-refractivity contribution in [1.29, 1.82) is 0 Å². The maximum absolute atomic E-state index is 13.4. The lowest BCUT2D eigenvalue weighted by Gasteiger charge is -2.22. The van der Waals surface area contributed by atoms with Crippen LogP contribution in [0, 0.1) is 0 Å². The molecular weight excluding hydrogens is 677 g/mol. The van der Waals surface area contributed by atoms with Crippen LogP contribution in [-0.4, -0.2) is 77.0 Å². The molecule has 0 saturated carbocycles. The topological polar surface area (TPSA) is 201 Å². The van der Waals surface area contributed by atoms with Crippen molar-refractivity contribution in [2.75, 3.05) is 37.0 Å². The molecule has 2 aromatic carbocycles. The number of rotatable bonds is 7. The van der Waals surface area contributed by atoms with E-state index in [2.05, 4.69) is 36.2 Å². The lowest BCUT2D eigenvalue weighted by molar-refractivity contribution is -0.154. The number of hydrogen-bond acceptors (Lipinski definition) is 12. The predicted octanol–water partition coefficient (Wildman–Crippen LogP) is 4.61. The van der Waals surface area contributed by atoms with Gasteiger partial charge in [0.1, 0.15) is 23.1 Å². The van der Waals surface area contributed by atoms with Crippen LogP contribution in [0.25, 0.3) is 0 Å². The Labute approximate surface area is 292 Å². The summed E-state index contributed by atoms with van der Waals surface area (Å²) >= 11 is 0. The van der Waals surface area contributed by atoms with Crippen LogP contribution in [0.1, 0.15) is 62.4 Å². The summed E-state index contributed by atoms with van der Waals surface area (Å²) in [6.07, 6.45) is -2.32. The molecule has 6 bridgehead atoms. The molecule has 15 nitrogen and oxygen atoms in total. The number of amides is 3. The zero-order valence-corrected chi connectivity index (χ0v) is 28.4. The maximum atomic E-state index is 13.4. The molecule has 51 heavy (non-hydrogen) atoms. The zero-order valence-electron chi connectivity index (χ0n) is 28.4. The van der Waals surface area contributed by atoms with E-state index < -0.39 is 48.3 Å². The Morgan fingerprint density at radius 3 is 2.29 bits per heavy atom. The van der Waals surface area contributed by atoms with Gasteiger partial charge in [-0.15, -0.1) is 0 Å². The van der Waals surface area contributed by atoms with Crippen molar-refractivity contribution in [3.63, 3.8) is 0 Å². The quantitative estimate of drug-likeness (QED) is 0.228. The van der Waals surface area contributed by atoms with Crippen LogP contribution in [0.5, 0.6) is 17.5 Å². The van der Waals surface area contributed by atoms with Gasteiger partial charge in [0.2, 0.25) is 17.8 Å². The van der Waals surface area contributed by atoms with E-state index in [1.54, 1.807) is 20.8 Å². The average molecular weight is 719 g/mol. The Morgan fingerprint density at radius 1 is 0.941 bits per heavy atom. The molecule has 3 amide bonds. The van der Waals surface area contributed by atoms with Gasteiger partial charge in [0.25, 0.3) is 5.91 Å². The predicted molar refractivity (Wildman–Crippen MR) is 179 cm³/mol. The van der Waals surface area contributed by atoms with E-state index in [0.717, 1.165) is 24.8 Å². The highest BCUT2D eigenvalue weighted by Gasteiger charge is 2.29. The van der Waals surface area contributed by atoms with Crippen molar-refractivity contribution < 1.29 is 46.5 Å². The third-order valence-corrected chi connectivity index (χ3v) is 6.90. The molecule has 5 rings (SSSR count). The number of hydrogen-bond donors (Lipinski definition) is 5. The van der Waals surface area contributed by atoms with Gasteiger partial charge in [-0.1, -0.05) is 12.1 Å². The maximum Gasteiger partial charge on any atom is 0.422 e. The van der Waals surface area contributed by atoms with Crippen molar-refractivity contribution in [2.45, 2.75) is 70.8 Å². The highest BCUT2D eigenvalue weighted by atomic mass is 19.4. The van der Waals surface area contributed by atoms with Gasteiger partial charge in [-0.25, -0.2) is 4.79 Å². The molecule has 1 aromatic heterocycles. The van der Waals surface area contributed by atoms with Gasteiger partial charge < -0.3 is 45.9 Å². The number of carbonyl (C=O) groups is 3. The van der Waals surface area contributed by atoms with E-state index in [1.165, 1.54) is 18.2 Å². The van der Waals surface area contributed by atoms with Crippen molar-refractivity contribution >= 4 is 35.5 Å². The third kappa shape index (κ3) is 13.4. The largest absolute Gasteiger partial charge is 0.494 e. The molecule has 18 heteroatoms. The van der Waals surface area contributed by atoms with Gasteiger partial charge >= 0.3 is 18.3 Å². The van der Waals surface area contributed by atoms with E-state index in [0.29, 0.717) is 24.5 Å². The number of benzene rings is 2. The fourth-order valence-electron chi connectivity index (χ4n) is 4.51. The molecule has 1 unspecified atom stereocenters.